The number of hydrogen-bond donors (Lipinski definition) is 0. The Morgan fingerprint density at radius 2 is 0.917 bits per heavy atom. The van der Waals surface area contributed by atoms with Crippen molar-refractivity contribution in [3.05, 3.63) is 0 Å². The van der Waals surface area contributed by atoms with Crippen LogP contribution in [0.4, 0.5) is 25.2 Å². The van der Waals surface area contributed by atoms with Crippen LogP contribution in [0.5, 0.6) is 0 Å². The molecule has 0 aliphatic rings. The van der Waals surface area contributed by atoms with Gasteiger partial charge in [0.05, 0.1) is 0 Å². The molecule has 0 unspecified atom stereocenters. The third-order valence-corrected chi connectivity index (χ3v) is 0. The first-order chi connectivity index (χ1) is 4.18. The molecule has 0 heterocycles. The molecule has 0 aliphatic heterocycles. The number of carbonyl (C=O) groups excluding carboxylic acids is 1. The van der Waals surface area contributed by atoms with Crippen molar-refractivity contribution in [1.29, 1.82) is 0 Å². The molecule has 0 aromatic heterocycles. The van der Waals surface area contributed by atoms with Gasteiger partial charge in [-0.15, -0.1) is 0 Å². The number of hydrogen-bond acceptors (Lipinski definition) is 1. The third kappa shape index (κ3) is 695. The van der Waals surface area contributed by atoms with E-state index in [0.717, 1.165) is 0 Å². The average molecular weight is 242 g/mol. The average Bonchev–Trinajstić information content (AvgIpc) is 1.11. The van der Waals surface area contributed by atoms with E-state index >= 15 is 0 Å². The molecule has 72 valence electrons. The molecule has 0 spiro atoms. The molecule has 0 amide bonds. The Labute approximate surface area is 108 Å². The minimum absolute atomic E-state index is 0. The van der Waals surface area contributed by atoms with Gasteiger partial charge in [-0.2, -0.15) is 0 Å². The van der Waals surface area contributed by atoms with E-state index in [1.54, 1.807) is 0 Å². The van der Waals surface area contributed by atoms with Crippen LogP contribution < -0.4 is 51.4 Å². The second-order valence-electron chi connectivity index (χ2n) is 1.87. The molecule has 9 heteroatoms. The van der Waals surface area contributed by atoms with Gasteiger partial charge >= 0.3 is 84.4 Å². The van der Waals surface area contributed by atoms with Crippen molar-refractivity contribution in [3.63, 3.8) is 0 Å². The molecular weight excluding hydrogens is 236 g/mol. The summed E-state index contributed by atoms with van der Waals surface area (Å²) >= 11 is 0. The van der Waals surface area contributed by atoms with Crippen molar-refractivity contribution in [2.45, 2.75) is 13.8 Å². The van der Waals surface area contributed by atoms with Gasteiger partial charge in [0.15, 0.2) is 0 Å². The quantitative estimate of drug-likeness (QED) is 0.351. The summed E-state index contributed by atoms with van der Waals surface area (Å²) in [7, 11) is -10.7. The van der Waals surface area contributed by atoms with Crippen LogP contribution >= 0.6 is 7.81 Å². The van der Waals surface area contributed by atoms with Crippen molar-refractivity contribution in [1.82, 2.24) is 0 Å². The van der Waals surface area contributed by atoms with Crippen molar-refractivity contribution >= 4 is 13.6 Å². The molecule has 1 nitrogen and oxygen atoms in total. The first kappa shape index (κ1) is 19.0. The van der Waals surface area contributed by atoms with Gasteiger partial charge in [-0.1, -0.05) is 0 Å². The zero-order chi connectivity index (χ0) is 9.99. The van der Waals surface area contributed by atoms with E-state index in [4.69, 9.17) is 0 Å². The maximum absolute atomic E-state index is 10.7. The molecule has 0 N–H and O–H groups in total. The Morgan fingerprint density at radius 1 is 0.917 bits per heavy atom. The Balaban J connectivity index is -0.000000142. The minimum Gasteiger partial charge on any atom is 1.00 e. The van der Waals surface area contributed by atoms with E-state index in [2.05, 4.69) is 0 Å². The van der Waals surface area contributed by atoms with E-state index in [1.165, 1.54) is 13.8 Å². The van der Waals surface area contributed by atoms with Gasteiger partial charge < -0.3 is 4.79 Å². The summed E-state index contributed by atoms with van der Waals surface area (Å²) in [6.45, 7) is 3.06. The number of rotatable bonds is 0. The molecule has 12 heavy (non-hydrogen) atoms. The topological polar surface area (TPSA) is 17.1 Å². The van der Waals surface area contributed by atoms with Crippen molar-refractivity contribution in [2.75, 3.05) is 0 Å². The Morgan fingerprint density at radius 3 is 0.917 bits per heavy atom. The SMILES string of the molecule is CC(C)=O.F[P-](F)(F)(F)(F)F.[K+]. The summed E-state index contributed by atoms with van der Waals surface area (Å²) in [4.78, 5) is 9.44. The van der Waals surface area contributed by atoms with Crippen LogP contribution in [-0.2, 0) is 4.79 Å². The predicted octanol–water partition coefficient (Wildman–Crippen LogP) is 0.982. The Bertz CT molecular complexity index is 141. The van der Waals surface area contributed by atoms with E-state index in [9.17, 15) is 30.0 Å². The van der Waals surface area contributed by atoms with Crippen LogP contribution in [0.1, 0.15) is 13.8 Å². The van der Waals surface area contributed by atoms with Crippen LogP contribution in [0.15, 0.2) is 0 Å². The second-order valence-corrected chi connectivity index (χ2v) is 3.78. The zero-order valence-electron chi connectivity index (χ0n) is 6.62. The first-order valence-electron chi connectivity index (χ1n) is 2.22. The fourth-order valence-electron chi connectivity index (χ4n) is 0. The molecule has 0 bridgehead atoms. The molecule has 0 aromatic rings. The van der Waals surface area contributed by atoms with Gasteiger partial charge in [0.25, 0.3) is 0 Å². The fourth-order valence-corrected chi connectivity index (χ4v) is 0. The summed E-state index contributed by atoms with van der Waals surface area (Å²) in [6.07, 6.45) is 0. The first-order valence-corrected chi connectivity index (χ1v) is 4.25. The molecule has 0 saturated heterocycles. The molecule has 0 fully saturated rings. The maximum Gasteiger partial charge on any atom is 1.00 e. The summed E-state index contributed by atoms with van der Waals surface area (Å²) in [6, 6.07) is 0. The molecule has 0 atom stereocenters. The van der Waals surface area contributed by atoms with Crippen LogP contribution in [0.2, 0.25) is 0 Å². The molecule has 0 aromatic carbocycles. The summed E-state index contributed by atoms with van der Waals surface area (Å²) in [5, 5.41) is 0. The minimum atomic E-state index is -10.7. The number of halogens is 6. The van der Waals surface area contributed by atoms with Crippen molar-refractivity contribution in [2.24, 2.45) is 0 Å². The van der Waals surface area contributed by atoms with Crippen LogP contribution in [0, 0.1) is 0 Å². The fraction of sp³-hybridized carbons (Fsp3) is 0.667. The second kappa shape index (κ2) is 4.23. The number of carbonyl (C=O) groups is 1. The molecule has 0 saturated carbocycles. The van der Waals surface area contributed by atoms with E-state index < -0.39 is 7.81 Å². The number of Topliss-reactive ketones (excluding diaryl/α,β-unsaturated/α-hetero) is 1. The molecule has 0 radical (unpaired) electrons. The molecular formula is C3H6F6KOP. The maximum atomic E-state index is 9.87. The largest absolute Gasteiger partial charge is 1.00 e. The van der Waals surface area contributed by atoms with Crippen molar-refractivity contribution < 1.29 is 81.4 Å². The van der Waals surface area contributed by atoms with Gasteiger partial charge in [-0.3, -0.25) is 0 Å². The van der Waals surface area contributed by atoms with Gasteiger partial charge in [0, 0.05) is 0 Å². The van der Waals surface area contributed by atoms with Gasteiger partial charge in [0.1, 0.15) is 5.78 Å². The van der Waals surface area contributed by atoms with Crippen LogP contribution in [0.3, 0.4) is 0 Å². The van der Waals surface area contributed by atoms with Crippen molar-refractivity contribution in [3.8, 4) is 0 Å². The van der Waals surface area contributed by atoms with E-state index in [0.29, 0.717) is 0 Å². The Kier molecular flexibility index (Phi) is 6.69. The summed E-state index contributed by atoms with van der Waals surface area (Å²) < 4.78 is 59.2. The van der Waals surface area contributed by atoms with E-state index in [-0.39, 0.29) is 57.2 Å². The standard InChI is InChI=1S/C3H6O.F6P.K/c1-3(2)4;1-7(2,3,4,5)6;/h1-2H3;;/q;-1;+1. The van der Waals surface area contributed by atoms with E-state index in [1.807, 2.05) is 0 Å². The summed E-state index contributed by atoms with van der Waals surface area (Å²) in [5.41, 5.74) is 0. The van der Waals surface area contributed by atoms with Crippen LogP contribution in [0.25, 0.3) is 0 Å². The van der Waals surface area contributed by atoms with Crippen LogP contribution in [-0.4, -0.2) is 5.78 Å². The van der Waals surface area contributed by atoms with Gasteiger partial charge in [0.2, 0.25) is 0 Å². The zero-order valence-corrected chi connectivity index (χ0v) is 10.6. The summed E-state index contributed by atoms with van der Waals surface area (Å²) in [5.74, 6) is 0.167. The van der Waals surface area contributed by atoms with Gasteiger partial charge in [-0.25, -0.2) is 0 Å². The smallest absolute Gasteiger partial charge is 1.00 e. The monoisotopic (exact) mass is 242 g/mol. The Hall–Kier alpha value is 1.32. The number of ketones is 1. The molecule has 0 aliphatic carbocycles. The molecule has 0 rings (SSSR count). The predicted molar refractivity (Wildman–Crippen MR) is 29.9 cm³/mol. The van der Waals surface area contributed by atoms with Gasteiger partial charge in [-0.05, 0) is 13.8 Å². The third-order valence-electron chi connectivity index (χ3n) is 0. The normalized spacial score (nSPS) is 15.7.